The van der Waals surface area contributed by atoms with Crippen LogP contribution >= 0.6 is 0 Å². The Kier molecular flexibility index (Phi) is 9.84. The summed E-state index contributed by atoms with van der Waals surface area (Å²) in [6.45, 7) is 4.18. The lowest BCUT2D eigenvalue weighted by Gasteiger charge is -2.45. The van der Waals surface area contributed by atoms with Crippen molar-refractivity contribution in [3.8, 4) is 11.5 Å². The molecule has 4 atom stereocenters. The number of ether oxygens (including phenoxy) is 2. The van der Waals surface area contributed by atoms with E-state index in [9.17, 15) is 13.6 Å². The summed E-state index contributed by atoms with van der Waals surface area (Å²) in [5.41, 5.74) is 0. The second-order valence-corrected chi connectivity index (χ2v) is 11.5. The molecule has 1 aromatic carbocycles. The van der Waals surface area contributed by atoms with Gasteiger partial charge in [-0.2, -0.15) is 0 Å². The van der Waals surface area contributed by atoms with Crippen molar-refractivity contribution in [2.24, 2.45) is 35.5 Å². The van der Waals surface area contributed by atoms with Crippen LogP contribution in [0.3, 0.4) is 0 Å². The Morgan fingerprint density at radius 2 is 1.53 bits per heavy atom. The minimum atomic E-state index is -0.860. The average Bonchev–Trinajstić information content (AvgIpc) is 2.88. The van der Waals surface area contributed by atoms with Crippen LogP contribution in [0.15, 0.2) is 24.3 Å². The highest BCUT2D eigenvalue weighted by molar-refractivity contribution is 5.75. The highest BCUT2D eigenvalue weighted by Crippen LogP contribution is 2.49. The number of rotatable bonds is 9. The van der Waals surface area contributed by atoms with Crippen molar-refractivity contribution in [3.63, 3.8) is 0 Å². The van der Waals surface area contributed by atoms with Crippen LogP contribution in [0.5, 0.6) is 11.5 Å². The molecule has 4 unspecified atom stereocenters. The zero-order valence-electron chi connectivity index (χ0n) is 22.2. The van der Waals surface area contributed by atoms with Crippen molar-refractivity contribution in [2.45, 2.75) is 97.3 Å². The summed E-state index contributed by atoms with van der Waals surface area (Å²) in [7, 11) is 0. The number of esters is 1. The monoisotopic (exact) mass is 502 g/mol. The average molecular weight is 503 g/mol. The van der Waals surface area contributed by atoms with E-state index in [2.05, 4.69) is 6.92 Å². The Balaban J connectivity index is 1.23. The summed E-state index contributed by atoms with van der Waals surface area (Å²) < 4.78 is 39.1. The van der Waals surface area contributed by atoms with E-state index in [1.165, 1.54) is 57.8 Å². The standard InChI is InChI=1S/C31H44F2O3/c1-3-5-7-21-8-9-26-18-25(15-14-24(26)17-21)22-10-12-23(13-11-22)31(34)36-27-19-28(32)30(29(33)20-27)35-16-6-4-2/h4,6,19-26H,3,5,7-18H2,1-2H3/b6-4+. The SMILES string of the molecule is C/C=C/COc1c(F)cc(OC(=O)C2CCC(C3CCC4CC(CCCC)CCC4C3)CC2)cc1F. The molecule has 0 aliphatic heterocycles. The quantitative estimate of drug-likeness (QED) is 0.193. The molecule has 0 radical (unpaired) electrons. The van der Waals surface area contributed by atoms with Crippen LogP contribution in [-0.2, 0) is 4.79 Å². The molecule has 3 fully saturated rings. The van der Waals surface area contributed by atoms with Gasteiger partial charge in [-0.3, -0.25) is 4.79 Å². The second-order valence-electron chi connectivity index (χ2n) is 11.5. The van der Waals surface area contributed by atoms with Crippen molar-refractivity contribution in [1.82, 2.24) is 0 Å². The highest BCUT2D eigenvalue weighted by Gasteiger charge is 2.39. The first-order valence-corrected chi connectivity index (χ1v) is 14.4. The van der Waals surface area contributed by atoms with Crippen LogP contribution < -0.4 is 9.47 Å². The van der Waals surface area contributed by atoms with Gasteiger partial charge in [0, 0.05) is 12.1 Å². The fourth-order valence-corrected chi connectivity index (χ4v) is 7.19. The zero-order valence-corrected chi connectivity index (χ0v) is 22.2. The van der Waals surface area contributed by atoms with Crippen molar-refractivity contribution in [3.05, 3.63) is 35.9 Å². The van der Waals surface area contributed by atoms with Gasteiger partial charge in [0.05, 0.1) is 5.92 Å². The van der Waals surface area contributed by atoms with Crippen molar-refractivity contribution in [2.75, 3.05) is 6.61 Å². The molecule has 0 spiro atoms. The van der Waals surface area contributed by atoms with Gasteiger partial charge >= 0.3 is 5.97 Å². The molecule has 3 aliphatic carbocycles. The van der Waals surface area contributed by atoms with Crippen molar-refractivity contribution < 1.29 is 23.0 Å². The third-order valence-electron chi connectivity index (χ3n) is 9.25. The smallest absolute Gasteiger partial charge is 0.314 e. The Labute approximate surface area is 216 Å². The number of hydrogen-bond acceptors (Lipinski definition) is 3. The molecule has 4 rings (SSSR count). The molecule has 0 N–H and O–H groups in total. The lowest BCUT2D eigenvalue weighted by atomic mass is 9.60. The van der Waals surface area contributed by atoms with E-state index in [4.69, 9.17) is 9.47 Å². The van der Waals surface area contributed by atoms with E-state index < -0.39 is 17.4 Å². The van der Waals surface area contributed by atoms with Gasteiger partial charge in [-0.1, -0.05) is 44.8 Å². The van der Waals surface area contributed by atoms with E-state index in [0.717, 1.165) is 61.5 Å². The van der Waals surface area contributed by atoms with Gasteiger partial charge in [-0.15, -0.1) is 0 Å². The van der Waals surface area contributed by atoms with Gasteiger partial charge in [0.25, 0.3) is 0 Å². The molecule has 1 aromatic rings. The summed E-state index contributed by atoms with van der Waals surface area (Å²) in [4.78, 5) is 12.8. The van der Waals surface area contributed by atoms with E-state index in [1.807, 2.05) is 0 Å². The van der Waals surface area contributed by atoms with E-state index >= 15 is 0 Å². The molecule has 0 saturated heterocycles. The highest BCUT2D eigenvalue weighted by atomic mass is 19.1. The van der Waals surface area contributed by atoms with E-state index in [1.54, 1.807) is 19.1 Å². The normalized spacial score (nSPS) is 30.7. The molecule has 0 heterocycles. The molecule has 36 heavy (non-hydrogen) atoms. The lowest BCUT2D eigenvalue weighted by Crippen LogP contribution is -2.35. The van der Waals surface area contributed by atoms with Gasteiger partial charge in [-0.25, -0.2) is 8.78 Å². The summed E-state index contributed by atoms with van der Waals surface area (Å²) in [5.74, 6) is 1.51. The van der Waals surface area contributed by atoms with Crippen molar-refractivity contribution >= 4 is 5.97 Å². The van der Waals surface area contributed by atoms with E-state index in [-0.39, 0.29) is 24.2 Å². The molecule has 0 bridgehead atoms. The second kappa shape index (κ2) is 13.1. The molecule has 200 valence electrons. The van der Waals surface area contributed by atoms with Gasteiger partial charge in [0.1, 0.15) is 12.4 Å². The van der Waals surface area contributed by atoms with Crippen molar-refractivity contribution in [1.29, 1.82) is 0 Å². The zero-order chi connectivity index (χ0) is 25.5. The number of halogens is 2. The minimum absolute atomic E-state index is 0.0780. The number of fused-ring (bicyclic) bond motifs is 1. The number of benzene rings is 1. The molecular weight excluding hydrogens is 458 g/mol. The fraction of sp³-hybridized carbons (Fsp3) is 0.710. The Morgan fingerprint density at radius 3 is 2.19 bits per heavy atom. The summed E-state index contributed by atoms with van der Waals surface area (Å²) in [5, 5.41) is 0. The van der Waals surface area contributed by atoms with Gasteiger partial charge in [0.15, 0.2) is 17.4 Å². The van der Waals surface area contributed by atoms with Crippen LogP contribution in [0.2, 0.25) is 0 Å². The first-order chi connectivity index (χ1) is 17.5. The summed E-state index contributed by atoms with van der Waals surface area (Å²) in [6, 6.07) is 2.07. The molecule has 5 heteroatoms. The van der Waals surface area contributed by atoms with Crippen LogP contribution in [0.25, 0.3) is 0 Å². The van der Waals surface area contributed by atoms with Crippen LogP contribution in [0, 0.1) is 47.1 Å². The molecule has 3 nitrogen and oxygen atoms in total. The van der Waals surface area contributed by atoms with E-state index in [0.29, 0.717) is 5.92 Å². The summed E-state index contributed by atoms with van der Waals surface area (Å²) in [6.07, 6.45) is 19.7. The molecule has 0 amide bonds. The molecule has 3 aliphatic rings. The lowest BCUT2D eigenvalue weighted by molar-refractivity contribution is -0.140. The summed E-state index contributed by atoms with van der Waals surface area (Å²) >= 11 is 0. The van der Waals surface area contributed by atoms with Gasteiger partial charge < -0.3 is 9.47 Å². The largest absolute Gasteiger partial charge is 0.483 e. The third kappa shape index (κ3) is 6.89. The van der Waals surface area contributed by atoms with Crippen LogP contribution in [0.1, 0.15) is 97.3 Å². The maximum Gasteiger partial charge on any atom is 0.314 e. The first kappa shape index (κ1) is 27.1. The number of carbonyl (C=O) groups is 1. The Hall–Kier alpha value is -1.91. The Bertz CT molecular complexity index is 867. The van der Waals surface area contributed by atoms with Crippen LogP contribution in [0.4, 0.5) is 8.78 Å². The molecule has 0 aromatic heterocycles. The van der Waals surface area contributed by atoms with Crippen LogP contribution in [-0.4, -0.2) is 12.6 Å². The van der Waals surface area contributed by atoms with Gasteiger partial charge in [-0.05, 0) is 94.3 Å². The predicted octanol–water partition coefficient (Wildman–Crippen LogP) is 8.65. The molecule has 3 saturated carbocycles. The maximum absolute atomic E-state index is 14.3. The minimum Gasteiger partial charge on any atom is -0.483 e. The first-order valence-electron chi connectivity index (χ1n) is 14.4. The van der Waals surface area contributed by atoms with Gasteiger partial charge in [0.2, 0.25) is 0 Å². The fourth-order valence-electron chi connectivity index (χ4n) is 7.19. The maximum atomic E-state index is 14.3. The number of allylic oxidation sites excluding steroid dienone is 1. The number of carbonyl (C=O) groups excluding carboxylic acids is 1. The molecular formula is C31H44F2O3. The predicted molar refractivity (Wildman–Crippen MR) is 139 cm³/mol. The number of hydrogen-bond donors (Lipinski definition) is 0. The topological polar surface area (TPSA) is 35.5 Å². The Morgan fingerprint density at radius 1 is 0.917 bits per heavy atom. The number of unbranched alkanes of at least 4 members (excludes halogenated alkanes) is 1. The third-order valence-corrected chi connectivity index (χ3v) is 9.25.